The van der Waals surface area contributed by atoms with Crippen LogP contribution < -0.4 is 10.6 Å². The van der Waals surface area contributed by atoms with Gasteiger partial charge in [-0.25, -0.2) is 0 Å². The van der Waals surface area contributed by atoms with Crippen LogP contribution in [0.4, 0.5) is 0 Å². The van der Waals surface area contributed by atoms with Gasteiger partial charge in [0, 0.05) is 11.6 Å². The Balaban J connectivity index is 2.26. The fourth-order valence-corrected chi connectivity index (χ4v) is 1.94. The van der Waals surface area contributed by atoms with Crippen LogP contribution in [0.5, 0.6) is 0 Å². The van der Waals surface area contributed by atoms with E-state index in [0.717, 1.165) is 25.1 Å². The van der Waals surface area contributed by atoms with E-state index < -0.39 is 0 Å². The molecule has 1 aromatic rings. The summed E-state index contributed by atoms with van der Waals surface area (Å²) in [5.41, 5.74) is 0.940. The van der Waals surface area contributed by atoms with Crippen molar-refractivity contribution in [1.82, 2.24) is 15.5 Å². The number of benzene rings is 1. The Hall–Kier alpha value is -1.10. The van der Waals surface area contributed by atoms with E-state index in [1.807, 2.05) is 43.3 Å². The SMILES string of the molecule is CNCCCN(C)CC(=O)NCc1ccccc1Cl. The lowest BCUT2D eigenvalue weighted by Crippen LogP contribution is -2.35. The van der Waals surface area contributed by atoms with Crippen molar-refractivity contribution in [3.8, 4) is 0 Å². The molecule has 4 nitrogen and oxygen atoms in total. The van der Waals surface area contributed by atoms with Crippen LogP contribution in [0.15, 0.2) is 24.3 Å². The predicted octanol–water partition coefficient (Wildman–Crippen LogP) is 1.50. The van der Waals surface area contributed by atoms with Crippen molar-refractivity contribution in [1.29, 1.82) is 0 Å². The number of likely N-dealkylation sites (N-methyl/N-ethyl adjacent to an activating group) is 1. The van der Waals surface area contributed by atoms with Crippen molar-refractivity contribution in [2.75, 3.05) is 33.7 Å². The van der Waals surface area contributed by atoms with E-state index in [2.05, 4.69) is 10.6 Å². The molecule has 0 radical (unpaired) electrons. The molecule has 0 atom stereocenters. The second-order valence-electron chi connectivity index (χ2n) is 4.56. The fraction of sp³-hybridized carbons (Fsp3) is 0.500. The van der Waals surface area contributed by atoms with Gasteiger partial charge in [0.15, 0.2) is 0 Å². The summed E-state index contributed by atoms with van der Waals surface area (Å²) >= 11 is 6.03. The van der Waals surface area contributed by atoms with Gasteiger partial charge in [-0.1, -0.05) is 29.8 Å². The first-order valence-corrected chi connectivity index (χ1v) is 6.84. The van der Waals surface area contributed by atoms with Crippen LogP contribution >= 0.6 is 11.6 Å². The number of nitrogens with one attached hydrogen (secondary N) is 2. The normalized spacial score (nSPS) is 10.7. The van der Waals surface area contributed by atoms with Crippen molar-refractivity contribution in [3.63, 3.8) is 0 Å². The van der Waals surface area contributed by atoms with Gasteiger partial charge in [-0.05, 0) is 45.2 Å². The lowest BCUT2D eigenvalue weighted by Gasteiger charge is -2.16. The number of amides is 1. The van der Waals surface area contributed by atoms with E-state index in [1.165, 1.54) is 0 Å². The number of rotatable bonds is 8. The summed E-state index contributed by atoms with van der Waals surface area (Å²) in [5, 5.41) is 6.65. The van der Waals surface area contributed by atoms with E-state index in [0.29, 0.717) is 18.1 Å². The maximum atomic E-state index is 11.8. The summed E-state index contributed by atoms with van der Waals surface area (Å²) < 4.78 is 0. The van der Waals surface area contributed by atoms with Crippen LogP contribution in [0.1, 0.15) is 12.0 Å². The molecule has 1 amide bonds. The second-order valence-corrected chi connectivity index (χ2v) is 4.97. The Labute approximate surface area is 120 Å². The van der Waals surface area contributed by atoms with Gasteiger partial charge in [-0.2, -0.15) is 0 Å². The lowest BCUT2D eigenvalue weighted by atomic mass is 10.2. The van der Waals surface area contributed by atoms with Crippen molar-refractivity contribution in [3.05, 3.63) is 34.9 Å². The van der Waals surface area contributed by atoms with Gasteiger partial charge in [-0.3, -0.25) is 9.69 Å². The molecule has 0 unspecified atom stereocenters. The summed E-state index contributed by atoms with van der Waals surface area (Å²) in [6.07, 6.45) is 1.03. The third-order valence-corrected chi connectivity index (χ3v) is 3.18. The van der Waals surface area contributed by atoms with Gasteiger partial charge in [-0.15, -0.1) is 0 Å². The van der Waals surface area contributed by atoms with Crippen molar-refractivity contribution < 1.29 is 4.79 Å². The highest BCUT2D eigenvalue weighted by molar-refractivity contribution is 6.31. The Morgan fingerprint density at radius 2 is 2.11 bits per heavy atom. The smallest absolute Gasteiger partial charge is 0.234 e. The minimum Gasteiger partial charge on any atom is -0.351 e. The van der Waals surface area contributed by atoms with Crippen molar-refractivity contribution in [2.45, 2.75) is 13.0 Å². The average Bonchev–Trinajstić information content (AvgIpc) is 2.38. The van der Waals surface area contributed by atoms with Crippen LogP contribution in [-0.4, -0.2) is 44.5 Å². The molecule has 1 rings (SSSR count). The second kappa shape index (κ2) is 8.91. The average molecular weight is 284 g/mol. The highest BCUT2D eigenvalue weighted by atomic mass is 35.5. The van der Waals surface area contributed by atoms with E-state index >= 15 is 0 Å². The molecule has 19 heavy (non-hydrogen) atoms. The molecule has 0 saturated heterocycles. The first-order valence-electron chi connectivity index (χ1n) is 6.46. The molecule has 5 heteroatoms. The third kappa shape index (κ3) is 6.57. The largest absolute Gasteiger partial charge is 0.351 e. The van der Waals surface area contributed by atoms with E-state index in [9.17, 15) is 4.79 Å². The van der Waals surface area contributed by atoms with Crippen molar-refractivity contribution in [2.24, 2.45) is 0 Å². The number of nitrogens with zero attached hydrogens (tertiary/aromatic N) is 1. The topological polar surface area (TPSA) is 44.4 Å². The lowest BCUT2D eigenvalue weighted by molar-refractivity contribution is -0.122. The molecule has 0 bridgehead atoms. The zero-order chi connectivity index (χ0) is 14.1. The summed E-state index contributed by atoms with van der Waals surface area (Å²) in [5.74, 6) is 0.0203. The zero-order valence-corrected chi connectivity index (χ0v) is 12.3. The first-order chi connectivity index (χ1) is 9.13. The molecule has 0 aliphatic heterocycles. The Morgan fingerprint density at radius 1 is 1.37 bits per heavy atom. The molecular weight excluding hydrogens is 262 g/mol. The molecule has 0 aliphatic carbocycles. The number of hydrogen-bond donors (Lipinski definition) is 2. The van der Waals surface area contributed by atoms with Crippen LogP contribution in [0.2, 0.25) is 5.02 Å². The molecule has 2 N–H and O–H groups in total. The number of carbonyl (C=O) groups is 1. The Kier molecular flexibility index (Phi) is 7.48. The zero-order valence-electron chi connectivity index (χ0n) is 11.6. The molecule has 0 saturated carbocycles. The van der Waals surface area contributed by atoms with Crippen LogP contribution in [0.25, 0.3) is 0 Å². The molecule has 0 aliphatic rings. The van der Waals surface area contributed by atoms with Crippen LogP contribution in [0.3, 0.4) is 0 Å². The Morgan fingerprint density at radius 3 is 2.79 bits per heavy atom. The van der Waals surface area contributed by atoms with Gasteiger partial charge in [0.25, 0.3) is 0 Å². The predicted molar refractivity (Wildman–Crippen MR) is 79.3 cm³/mol. The fourth-order valence-electron chi connectivity index (χ4n) is 1.74. The summed E-state index contributed by atoms with van der Waals surface area (Å²) in [7, 11) is 3.88. The van der Waals surface area contributed by atoms with Crippen LogP contribution in [0, 0.1) is 0 Å². The maximum Gasteiger partial charge on any atom is 0.234 e. The number of hydrogen-bond acceptors (Lipinski definition) is 3. The Bertz CT molecular complexity index is 398. The molecule has 0 spiro atoms. The molecule has 106 valence electrons. The van der Waals surface area contributed by atoms with Crippen LogP contribution in [-0.2, 0) is 11.3 Å². The minimum absolute atomic E-state index is 0.0203. The van der Waals surface area contributed by atoms with Gasteiger partial charge in [0.05, 0.1) is 6.54 Å². The van der Waals surface area contributed by atoms with Gasteiger partial charge < -0.3 is 10.6 Å². The molecule has 0 fully saturated rings. The number of halogens is 1. The van der Waals surface area contributed by atoms with Crippen molar-refractivity contribution >= 4 is 17.5 Å². The van der Waals surface area contributed by atoms with E-state index in [4.69, 9.17) is 11.6 Å². The summed E-state index contributed by atoms with van der Waals surface area (Å²) in [6.45, 7) is 2.75. The standard InChI is InChI=1S/C14H22ClN3O/c1-16-8-5-9-18(2)11-14(19)17-10-12-6-3-4-7-13(12)15/h3-4,6-7,16H,5,8-11H2,1-2H3,(H,17,19). The molecule has 0 heterocycles. The number of carbonyl (C=O) groups excluding carboxylic acids is 1. The quantitative estimate of drug-likeness (QED) is 0.711. The third-order valence-electron chi connectivity index (χ3n) is 2.81. The van der Waals surface area contributed by atoms with Gasteiger partial charge >= 0.3 is 0 Å². The molecular formula is C14H22ClN3O. The van der Waals surface area contributed by atoms with Gasteiger partial charge in [0.1, 0.15) is 0 Å². The van der Waals surface area contributed by atoms with E-state index in [-0.39, 0.29) is 5.91 Å². The highest BCUT2D eigenvalue weighted by Gasteiger charge is 2.06. The monoisotopic (exact) mass is 283 g/mol. The van der Waals surface area contributed by atoms with Gasteiger partial charge in [0.2, 0.25) is 5.91 Å². The molecule has 0 aromatic heterocycles. The molecule has 1 aromatic carbocycles. The maximum absolute atomic E-state index is 11.8. The highest BCUT2D eigenvalue weighted by Crippen LogP contribution is 2.14. The summed E-state index contributed by atoms with van der Waals surface area (Å²) in [6, 6.07) is 7.53. The van der Waals surface area contributed by atoms with E-state index in [1.54, 1.807) is 0 Å². The first kappa shape index (κ1) is 16.0. The summed E-state index contributed by atoms with van der Waals surface area (Å²) in [4.78, 5) is 13.8. The minimum atomic E-state index is 0.0203.